The maximum Gasteiger partial charge on any atom is 0.361 e. The van der Waals surface area contributed by atoms with Crippen molar-refractivity contribution in [3.63, 3.8) is 0 Å². The van der Waals surface area contributed by atoms with Gasteiger partial charge < -0.3 is 4.74 Å². The predicted molar refractivity (Wildman–Crippen MR) is 45.4 cm³/mol. The van der Waals surface area contributed by atoms with Gasteiger partial charge in [0.2, 0.25) is 0 Å². The number of rotatable bonds is 3. The second-order valence-corrected chi connectivity index (χ2v) is 3.00. The van der Waals surface area contributed by atoms with Gasteiger partial charge in [-0.2, -0.15) is 0 Å². The molecule has 6 heteroatoms. The first-order valence-electron chi connectivity index (χ1n) is 3.34. The quantitative estimate of drug-likeness (QED) is 0.555. The molecule has 12 heavy (non-hydrogen) atoms. The Labute approximate surface area is 78.7 Å². The number of ether oxygens (including phenoxy) is 1. The van der Waals surface area contributed by atoms with E-state index in [-0.39, 0.29) is 11.8 Å². The highest BCUT2D eigenvalue weighted by Gasteiger charge is 2.15. The highest BCUT2D eigenvalue weighted by Crippen LogP contribution is 2.12. The number of aryl methyl sites for hydroxylation is 1. The fourth-order valence-corrected chi connectivity index (χ4v) is 1.37. The predicted octanol–water partition coefficient (Wildman–Crippen LogP) is 1.45. The van der Waals surface area contributed by atoms with Crippen molar-refractivity contribution in [3.05, 3.63) is 10.6 Å². The number of esters is 1. The molecule has 0 fully saturated rings. The Hall–Kier alpha value is -0.680. The highest BCUT2D eigenvalue weighted by molar-refractivity contribution is 7.05. The van der Waals surface area contributed by atoms with Crippen LogP contribution >= 0.6 is 23.1 Å². The molecule has 1 aromatic rings. The summed E-state index contributed by atoms with van der Waals surface area (Å²) in [7, 11) is 0. The molecule has 0 N–H and O–H groups in total. The van der Waals surface area contributed by atoms with Crippen molar-refractivity contribution in [3.8, 4) is 0 Å². The van der Waals surface area contributed by atoms with Gasteiger partial charge in [0, 0.05) is 0 Å². The van der Waals surface area contributed by atoms with Crippen LogP contribution < -0.4 is 0 Å². The molecular weight excluding hydrogens is 200 g/mol. The third kappa shape index (κ3) is 1.92. The van der Waals surface area contributed by atoms with Gasteiger partial charge in [0.15, 0.2) is 11.8 Å². The van der Waals surface area contributed by atoms with Gasteiger partial charge in [-0.25, -0.2) is 4.79 Å². The largest absolute Gasteiger partial charge is 0.445 e. The van der Waals surface area contributed by atoms with E-state index in [4.69, 9.17) is 11.6 Å². The number of alkyl halides is 1. The topological polar surface area (TPSA) is 52.1 Å². The molecule has 0 unspecified atom stereocenters. The Kier molecular flexibility index (Phi) is 3.43. The number of carbonyl (C=O) groups excluding carboxylic acids is 1. The highest BCUT2D eigenvalue weighted by atomic mass is 35.5. The third-order valence-electron chi connectivity index (χ3n) is 1.26. The molecule has 1 rings (SSSR count). The zero-order chi connectivity index (χ0) is 8.97. The van der Waals surface area contributed by atoms with Gasteiger partial charge in [0.05, 0.1) is 4.88 Å². The molecule has 4 nitrogen and oxygen atoms in total. The molecule has 0 saturated carbocycles. The molecule has 1 aromatic heterocycles. The van der Waals surface area contributed by atoms with E-state index in [9.17, 15) is 4.79 Å². The maximum atomic E-state index is 11.1. The van der Waals surface area contributed by atoms with Crippen LogP contribution in [-0.2, 0) is 11.2 Å². The van der Waals surface area contributed by atoms with Gasteiger partial charge in [0.1, 0.15) is 0 Å². The zero-order valence-corrected chi connectivity index (χ0v) is 7.98. The number of hydrogen-bond acceptors (Lipinski definition) is 5. The average Bonchev–Trinajstić information content (AvgIpc) is 2.51. The Bertz CT molecular complexity index is 276. The number of aromatic nitrogens is 2. The first-order valence-corrected chi connectivity index (χ1v) is 4.64. The molecule has 0 amide bonds. The van der Waals surface area contributed by atoms with E-state index in [1.54, 1.807) is 0 Å². The standard InChI is InChI=1S/C6H7ClN2O2S/c1-2-4-5(8-9-12-4)6(10)11-3-7/h2-3H2,1H3. The van der Waals surface area contributed by atoms with Crippen LogP contribution in [0.5, 0.6) is 0 Å². The zero-order valence-electron chi connectivity index (χ0n) is 6.41. The summed E-state index contributed by atoms with van der Waals surface area (Å²) < 4.78 is 8.20. The van der Waals surface area contributed by atoms with Crippen LogP contribution in [0.2, 0.25) is 0 Å². The van der Waals surface area contributed by atoms with Gasteiger partial charge in [0.25, 0.3) is 0 Å². The van der Waals surface area contributed by atoms with Crippen molar-refractivity contribution in [1.82, 2.24) is 9.59 Å². The lowest BCUT2D eigenvalue weighted by Gasteiger charge is -1.96. The molecule has 0 saturated heterocycles. The summed E-state index contributed by atoms with van der Waals surface area (Å²) in [4.78, 5) is 11.9. The van der Waals surface area contributed by atoms with E-state index in [2.05, 4.69) is 14.3 Å². The second-order valence-electron chi connectivity index (χ2n) is 1.94. The molecule has 0 aromatic carbocycles. The number of nitrogens with zero attached hydrogens (tertiary/aromatic N) is 2. The Morgan fingerprint density at radius 2 is 2.50 bits per heavy atom. The summed E-state index contributed by atoms with van der Waals surface area (Å²) in [6, 6.07) is -0.153. The SMILES string of the molecule is CCc1snnc1C(=O)OCCl. The molecule has 0 aliphatic carbocycles. The van der Waals surface area contributed by atoms with Crippen LogP contribution in [0.3, 0.4) is 0 Å². The van der Waals surface area contributed by atoms with Gasteiger partial charge in [-0.3, -0.25) is 0 Å². The summed E-state index contributed by atoms with van der Waals surface area (Å²) in [6.45, 7) is 1.92. The van der Waals surface area contributed by atoms with E-state index in [0.717, 1.165) is 11.3 Å². The van der Waals surface area contributed by atoms with E-state index in [1.165, 1.54) is 11.5 Å². The van der Waals surface area contributed by atoms with Gasteiger partial charge in [-0.15, -0.1) is 5.10 Å². The van der Waals surface area contributed by atoms with Gasteiger partial charge in [-0.1, -0.05) is 23.0 Å². The molecule has 0 spiro atoms. The van der Waals surface area contributed by atoms with Crippen LogP contribution in [0.1, 0.15) is 22.3 Å². The van der Waals surface area contributed by atoms with Crippen LogP contribution in [0.4, 0.5) is 0 Å². The number of carbonyl (C=O) groups is 1. The Morgan fingerprint density at radius 3 is 3.08 bits per heavy atom. The second kappa shape index (κ2) is 4.37. The maximum absolute atomic E-state index is 11.1. The van der Waals surface area contributed by atoms with E-state index in [1.807, 2.05) is 6.92 Å². The molecular formula is C6H7ClN2O2S. The molecule has 0 radical (unpaired) electrons. The first kappa shape index (κ1) is 9.41. The summed E-state index contributed by atoms with van der Waals surface area (Å²) in [5.74, 6) is -0.504. The van der Waals surface area contributed by atoms with Crippen molar-refractivity contribution >= 4 is 29.1 Å². The van der Waals surface area contributed by atoms with Crippen molar-refractivity contribution < 1.29 is 9.53 Å². The van der Waals surface area contributed by atoms with Gasteiger partial charge in [-0.05, 0) is 18.0 Å². The van der Waals surface area contributed by atoms with Gasteiger partial charge >= 0.3 is 5.97 Å². The molecule has 66 valence electrons. The van der Waals surface area contributed by atoms with Crippen molar-refractivity contribution in [2.75, 3.05) is 6.07 Å². The lowest BCUT2D eigenvalue weighted by molar-refractivity contribution is 0.0566. The van der Waals surface area contributed by atoms with Crippen LogP contribution in [0, 0.1) is 0 Å². The third-order valence-corrected chi connectivity index (χ3v) is 2.23. The minimum Gasteiger partial charge on any atom is -0.445 e. The minimum absolute atomic E-state index is 0.153. The summed E-state index contributed by atoms with van der Waals surface area (Å²) in [5.41, 5.74) is 0.281. The number of hydrogen-bond donors (Lipinski definition) is 0. The van der Waals surface area contributed by atoms with Crippen molar-refractivity contribution in [2.24, 2.45) is 0 Å². The van der Waals surface area contributed by atoms with E-state index >= 15 is 0 Å². The first-order chi connectivity index (χ1) is 5.79. The molecule has 0 aliphatic heterocycles. The summed E-state index contributed by atoms with van der Waals surface area (Å²) in [6.07, 6.45) is 0.727. The van der Waals surface area contributed by atoms with Crippen LogP contribution in [0.15, 0.2) is 0 Å². The minimum atomic E-state index is -0.504. The monoisotopic (exact) mass is 206 g/mol. The lowest BCUT2D eigenvalue weighted by atomic mass is 10.3. The van der Waals surface area contributed by atoms with Crippen molar-refractivity contribution in [1.29, 1.82) is 0 Å². The normalized spacial score (nSPS) is 9.83. The average molecular weight is 207 g/mol. The molecule has 1 heterocycles. The summed E-state index contributed by atoms with van der Waals surface area (Å²) >= 11 is 6.42. The lowest BCUT2D eigenvalue weighted by Crippen LogP contribution is -2.06. The fraction of sp³-hybridized carbons (Fsp3) is 0.500. The Balaban J connectivity index is 2.79. The smallest absolute Gasteiger partial charge is 0.361 e. The van der Waals surface area contributed by atoms with E-state index < -0.39 is 5.97 Å². The Morgan fingerprint density at radius 1 is 1.75 bits per heavy atom. The fourth-order valence-electron chi connectivity index (χ4n) is 0.714. The number of halogens is 1. The van der Waals surface area contributed by atoms with Crippen LogP contribution in [-0.4, -0.2) is 21.6 Å². The van der Waals surface area contributed by atoms with Crippen LogP contribution in [0.25, 0.3) is 0 Å². The molecule has 0 atom stereocenters. The van der Waals surface area contributed by atoms with Crippen molar-refractivity contribution in [2.45, 2.75) is 13.3 Å². The molecule has 0 bridgehead atoms. The summed E-state index contributed by atoms with van der Waals surface area (Å²) in [5, 5.41) is 3.64. The van der Waals surface area contributed by atoms with E-state index in [0.29, 0.717) is 0 Å². The molecule has 0 aliphatic rings.